The summed E-state index contributed by atoms with van der Waals surface area (Å²) in [6, 6.07) is 8.03. The average Bonchev–Trinajstić information content (AvgIpc) is 2.82. The number of furan rings is 1. The number of hydrogen-bond acceptors (Lipinski definition) is 3. The number of para-hydroxylation sites is 1. The van der Waals surface area contributed by atoms with Crippen LogP contribution >= 0.6 is 0 Å². The second-order valence-electron chi connectivity index (χ2n) is 5.81. The van der Waals surface area contributed by atoms with E-state index in [9.17, 15) is 5.11 Å². The SMILES string of the molecule is CCOC1CC(CC(O)c2cc3cccc(C)c3o2)C1. The van der Waals surface area contributed by atoms with E-state index in [4.69, 9.17) is 9.15 Å². The van der Waals surface area contributed by atoms with E-state index in [0.29, 0.717) is 17.8 Å². The maximum Gasteiger partial charge on any atom is 0.137 e. The molecule has 3 nitrogen and oxygen atoms in total. The zero-order chi connectivity index (χ0) is 14.1. The summed E-state index contributed by atoms with van der Waals surface area (Å²) in [4.78, 5) is 0. The predicted octanol–water partition coefficient (Wildman–Crippen LogP) is 3.98. The van der Waals surface area contributed by atoms with Crippen LogP contribution in [0.15, 0.2) is 28.7 Å². The summed E-state index contributed by atoms with van der Waals surface area (Å²) in [5, 5.41) is 11.4. The summed E-state index contributed by atoms with van der Waals surface area (Å²) in [5.41, 5.74) is 2.00. The monoisotopic (exact) mass is 274 g/mol. The van der Waals surface area contributed by atoms with Gasteiger partial charge in [-0.05, 0) is 50.7 Å². The molecule has 1 unspecified atom stereocenters. The van der Waals surface area contributed by atoms with Crippen molar-refractivity contribution in [2.75, 3.05) is 6.61 Å². The van der Waals surface area contributed by atoms with Crippen molar-refractivity contribution in [3.63, 3.8) is 0 Å². The fraction of sp³-hybridized carbons (Fsp3) is 0.529. The lowest BCUT2D eigenvalue weighted by molar-refractivity contribution is -0.0396. The maximum absolute atomic E-state index is 10.3. The van der Waals surface area contributed by atoms with E-state index in [2.05, 4.69) is 0 Å². The highest BCUT2D eigenvalue weighted by molar-refractivity contribution is 5.80. The number of fused-ring (bicyclic) bond motifs is 1. The lowest BCUT2D eigenvalue weighted by Crippen LogP contribution is -2.32. The van der Waals surface area contributed by atoms with Crippen LogP contribution in [0.5, 0.6) is 0 Å². The van der Waals surface area contributed by atoms with Crippen LogP contribution < -0.4 is 0 Å². The summed E-state index contributed by atoms with van der Waals surface area (Å²) < 4.78 is 11.4. The quantitative estimate of drug-likeness (QED) is 0.896. The molecule has 1 heterocycles. The Morgan fingerprint density at radius 2 is 2.20 bits per heavy atom. The molecule has 1 aromatic heterocycles. The molecule has 1 N–H and O–H groups in total. The van der Waals surface area contributed by atoms with Gasteiger partial charge in [-0.1, -0.05) is 18.2 Å². The Kier molecular flexibility index (Phi) is 3.81. The molecule has 3 rings (SSSR count). The van der Waals surface area contributed by atoms with Crippen molar-refractivity contribution in [3.8, 4) is 0 Å². The molecule has 0 radical (unpaired) electrons. The van der Waals surface area contributed by atoms with E-state index in [0.717, 1.165) is 42.4 Å². The van der Waals surface area contributed by atoms with E-state index in [-0.39, 0.29) is 0 Å². The van der Waals surface area contributed by atoms with Gasteiger partial charge in [0.1, 0.15) is 17.4 Å². The predicted molar refractivity (Wildman–Crippen MR) is 78.7 cm³/mol. The van der Waals surface area contributed by atoms with Gasteiger partial charge in [-0.15, -0.1) is 0 Å². The van der Waals surface area contributed by atoms with E-state index < -0.39 is 6.10 Å². The third-order valence-corrected chi connectivity index (χ3v) is 4.24. The van der Waals surface area contributed by atoms with Gasteiger partial charge in [0.2, 0.25) is 0 Å². The highest BCUT2D eigenvalue weighted by atomic mass is 16.5. The van der Waals surface area contributed by atoms with Gasteiger partial charge in [0.25, 0.3) is 0 Å². The first-order valence-electron chi connectivity index (χ1n) is 7.46. The van der Waals surface area contributed by atoms with Gasteiger partial charge in [-0.25, -0.2) is 0 Å². The zero-order valence-electron chi connectivity index (χ0n) is 12.1. The summed E-state index contributed by atoms with van der Waals surface area (Å²) in [6.45, 7) is 4.84. The highest BCUT2D eigenvalue weighted by Crippen LogP contribution is 2.38. The summed E-state index contributed by atoms with van der Waals surface area (Å²) in [6.07, 6.45) is 2.78. The van der Waals surface area contributed by atoms with Crippen molar-refractivity contribution >= 4 is 11.0 Å². The molecule has 0 amide bonds. The molecule has 0 bridgehead atoms. The second kappa shape index (κ2) is 5.58. The van der Waals surface area contributed by atoms with Crippen LogP contribution in [0.3, 0.4) is 0 Å². The standard InChI is InChI=1S/C17H22O3/c1-3-19-14-7-12(8-14)9-15(18)16-10-13-6-4-5-11(2)17(13)20-16/h4-6,10,12,14-15,18H,3,7-9H2,1-2H3. The van der Waals surface area contributed by atoms with E-state index in [1.54, 1.807) is 0 Å². The van der Waals surface area contributed by atoms with Gasteiger partial charge in [0, 0.05) is 12.0 Å². The molecule has 3 heteroatoms. The number of aliphatic hydroxyl groups excluding tert-OH is 1. The molecule has 108 valence electrons. The minimum atomic E-state index is -0.505. The largest absolute Gasteiger partial charge is 0.458 e. The van der Waals surface area contributed by atoms with Crippen LogP contribution in [0, 0.1) is 12.8 Å². The van der Waals surface area contributed by atoms with Crippen molar-refractivity contribution in [1.82, 2.24) is 0 Å². The summed E-state index contributed by atoms with van der Waals surface area (Å²) in [5.74, 6) is 1.24. The van der Waals surface area contributed by atoms with Crippen molar-refractivity contribution in [2.45, 2.75) is 45.3 Å². The molecule has 20 heavy (non-hydrogen) atoms. The van der Waals surface area contributed by atoms with Crippen LogP contribution in [0.4, 0.5) is 0 Å². The van der Waals surface area contributed by atoms with Crippen LogP contribution in [0.25, 0.3) is 11.0 Å². The molecular formula is C17H22O3. The molecule has 1 aliphatic carbocycles. The van der Waals surface area contributed by atoms with Gasteiger partial charge < -0.3 is 14.3 Å². The lowest BCUT2D eigenvalue weighted by atomic mass is 9.78. The topological polar surface area (TPSA) is 42.6 Å². The Balaban J connectivity index is 1.64. The normalized spacial score (nSPS) is 23.8. The third kappa shape index (κ3) is 2.60. The molecule has 0 aliphatic heterocycles. The molecule has 1 fully saturated rings. The third-order valence-electron chi connectivity index (χ3n) is 4.24. The van der Waals surface area contributed by atoms with Crippen molar-refractivity contribution in [2.24, 2.45) is 5.92 Å². The van der Waals surface area contributed by atoms with Crippen LogP contribution in [0.2, 0.25) is 0 Å². The number of hydrogen-bond donors (Lipinski definition) is 1. The van der Waals surface area contributed by atoms with Crippen LogP contribution in [-0.4, -0.2) is 17.8 Å². The highest BCUT2D eigenvalue weighted by Gasteiger charge is 2.32. The first-order valence-corrected chi connectivity index (χ1v) is 7.46. The molecule has 0 spiro atoms. The van der Waals surface area contributed by atoms with E-state index >= 15 is 0 Å². The number of aryl methyl sites for hydroxylation is 1. The molecule has 1 saturated carbocycles. The van der Waals surface area contributed by atoms with Crippen LogP contribution in [-0.2, 0) is 4.74 Å². The number of rotatable bonds is 5. The second-order valence-corrected chi connectivity index (χ2v) is 5.81. The molecular weight excluding hydrogens is 252 g/mol. The summed E-state index contributed by atoms with van der Waals surface area (Å²) >= 11 is 0. The first-order chi connectivity index (χ1) is 9.67. The summed E-state index contributed by atoms with van der Waals surface area (Å²) in [7, 11) is 0. The van der Waals surface area contributed by atoms with Crippen molar-refractivity contribution in [3.05, 3.63) is 35.6 Å². The first kappa shape index (κ1) is 13.7. The molecule has 1 aromatic carbocycles. The van der Waals surface area contributed by atoms with Gasteiger partial charge in [0.15, 0.2) is 0 Å². The fourth-order valence-electron chi connectivity index (χ4n) is 3.06. The van der Waals surface area contributed by atoms with Gasteiger partial charge in [-0.2, -0.15) is 0 Å². The molecule has 0 saturated heterocycles. The van der Waals surface area contributed by atoms with Gasteiger partial charge in [0.05, 0.1) is 6.10 Å². The Morgan fingerprint density at radius 3 is 2.90 bits per heavy atom. The molecule has 2 aromatic rings. The van der Waals surface area contributed by atoms with E-state index in [1.165, 1.54) is 0 Å². The lowest BCUT2D eigenvalue weighted by Gasteiger charge is -2.35. The maximum atomic E-state index is 10.3. The molecule has 1 aliphatic rings. The van der Waals surface area contributed by atoms with Crippen LogP contribution in [0.1, 0.15) is 43.6 Å². The Labute approximate surface area is 119 Å². The Bertz CT molecular complexity index is 581. The number of ether oxygens (including phenoxy) is 1. The number of aliphatic hydroxyl groups is 1. The van der Waals surface area contributed by atoms with Gasteiger partial charge >= 0.3 is 0 Å². The Morgan fingerprint density at radius 1 is 1.40 bits per heavy atom. The molecule has 1 atom stereocenters. The van der Waals surface area contributed by atoms with Crippen molar-refractivity contribution in [1.29, 1.82) is 0 Å². The number of benzene rings is 1. The minimum absolute atomic E-state index is 0.398. The smallest absolute Gasteiger partial charge is 0.137 e. The van der Waals surface area contributed by atoms with Crippen molar-refractivity contribution < 1.29 is 14.3 Å². The Hall–Kier alpha value is -1.32. The average molecular weight is 274 g/mol. The fourth-order valence-corrected chi connectivity index (χ4v) is 3.06. The zero-order valence-corrected chi connectivity index (χ0v) is 12.1. The van der Waals surface area contributed by atoms with Gasteiger partial charge in [-0.3, -0.25) is 0 Å². The minimum Gasteiger partial charge on any atom is -0.458 e. The van der Waals surface area contributed by atoms with E-state index in [1.807, 2.05) is 38.1 Å².